The average molecular weight is 375 g/mol. The normalized spacial score (nSPS) is 16.2. The zero-order chi connectivity index (χ0) is 18.6. The highest BCUT2D eigenvalue weighted by atomic mass is 32.2. The maximum absolute atomic E-state index is 12.6. The van der Waals surface area contributed by atoms with Gasteiger partial charge in [-0.3, -0.25) is 9.78 Å². The van der Waals surface area contributed by atoms with Crippen LogP contribution in [-0.4, -0.2) is 43.8 Å². The van der Waals surface area contributed by atoms with Gasteiger partial charge in [-0.15, -0.1) is 0 Å². The summed E-state index contributed by atoms with van der Waals surface area (Å²) in [4.78, 5) is 16.5. The Kier molecular flexibility index (Phi) is 5.53. The number of hydrogen-bond acceptors (Lipinski definition) is 5. The number of anilines is 1. The van der Waals surface area contributed by atoms with Crippen molar-refractivity contribution in [3.05, 3.63) is 48.8 Å². The van der Waals surface area contributed by atoms with Crippen molar-refractivity contribution in [2.75, 3.05) is 25.5 Å². The van der Waals surface area contributed by atoms with Crippen molar-refractivity contribution in [2.24, 2.45) is 5.92 Å². The van der Waals surface area contributed by atoms with Gasteiger partial charge in [-0.05, 0) is 49.2 Å². The van der Waals surface area contributed by atoms with Crippen molar-refractivity contribution in [3.63, 3.8) is 0 Å². The van der Waals surface area contributed by atoms with E-state index in [1.165, 1.54) is 22.8 Å². The van der Waals surface area contributed by atoms with Gasteiger partial charge in [0.25, 0.3) is 0 Å². The molecular formula is C18H21N3O4S. The van der Waals surface area contributed by atoms with Crippen LogP contribution in [0.5, 0.6) is 5.75 Å². The minimum atomic E-state index is -3.55. The van der Waals surface area contributed by atoms with Gasteiger partial charge in [0.05, 0.1) is 7.11 Å². The lowest BCUT2D eigenvalue weighted by Gasteiger charge is -2.30. The molecule has 1 fully saturated rings. The lowest BCUT2D eigenvalue weighted by Crippen LogP contribution is -2.41. The molecule has 0 unspecified atom stereocenters. The van der Waals surface area contributed by atoms with Crippen LogP contribution in [0.3, 0.4) is 0 Å². The van der Waals surface area contributed by atoms with Crippen molar-refractivity contribution in [1.82, 2.24) is 9.29 Å². The van der Waals surface area contributed by atoms with E-state index in [9.17, 15) is 13.2 Å². The number of amides is 1. The SMILES string of the molecule is COc1ccc(NC(=O)C2CCN(S(=O)(=O)c3cccnc3)CC2)cc1. The summed E-state index contributed by atoms with van der Waals surface area (Å²) in [6, 6.07) is 10.2. The number of methoxy groups -OCH3 is 1. The second kappa shape index (κ2) is 7.84. The predicted octanol–water partition coefficient (Wildman–Crippen LogP) is 2.13. The molecule has 0 radical (unpaired) electrons. The molecule has 1 aliphatic heterocycles. The standard InChI is InChI=1S/C18H21N3O4S/c1-25-16-6-4-15(5-7-16)20-18(22)14-8-11-21(12-9-14)26(23,24)17-3-2-10-19-13-17/h2-7,10,13-14H,8-9,11-12H2,1H3,(H,20,22). The number of nitrogens with zero attached hydrogens (tertiary/aromatic N) is 2. The van der Waals surface area contributed by atoms with Gasteiger partial charge in [-0.2, -0.15) is 4.31 Å². The molecule has 1 N–H and O–H groups in total. The van der Waals surface area contributed by atoms with Crippen LogP contribution < -0.4 is 10.1 Å². The second-order valence-corrected chi connectivity index (χ2v) is 8.02. The lowest BCUT2D eigenvalue weighted by atomic mass is 9.97. The molecule has 138 valence electrons. The summed E-state index contributed by atoms with van der Waals surface area (Å²) in [5.41, 5.74) is 0.696. The third kappa shape index (κ3) is 4.03. The third-order valence-electron chi connectivity index (χ3n) is 4.45. The van der Waals surface area contributed by atoms with Crippen LogP contribution >= 0.6 is 0 Å². The molecule has 0 spiro atoms. The molecule has 1 aromatic heterocycles. The molecular weight excluding hydrogens is 354 g/mol. The highest BCUT2D eigenvalue weighted by Crippen LogP contribution is 2.25. The molecule has 2 heterocycles. The molecule has 8 heteroatoms. The average Bonchev–Trinajstić information content (AvgIpc) is 2.69. The number of rotatable bonds is 5. The minimum Gasteiger partial charge on any atom is -0.497 e. The van der Waals surface area contributed by atoms with Gasteiger partial charge in [0, 0.05) is 37.1 Å². The first-order valence-corrected chi connectivity index (χ1v) is 9.80. The molecule has 0 bridgehead atoms. The van der Waals surface area contributed by atoms with Gasteiger partial charge < -0.3 is 10.1 Å². The maximum atomic E-state index is 12.6. The fourth-order valence-electron chi connectivity index (χ4n) is 2.93. The van der Waals surface area contributed by atoms with E-state index < -0.39 is 10.0 Å². The van der Waals surface area contributed by atoms with Gasteiger partial charge in [-0.25, -0.2) is 8.42 Å². The Balaban J connectivity index is 1.58. The summed E-state index contributed by atoms with van der Waals surface area (Å²) >= 11 is 0. The highest BCUT2D eigenvalue weighted by molar-refractivity contribution is 7.89. The molecule has 1 amide bonds. The van der Waals surface area contributed by atoms with Crippen molar-refractivity contribution >= 4 is 21.6 Å². The molecule has 3 rings (SSSR count). The number of piperidine rings is 1. The van der Waals surface area contributed by atoms with Crippen molar-refractivity contribution < 1.29 is 17.9 Å². The zero-order valence-corrected chi connectivity index (χ0v) is 15.3. The third-order valence-corrected chi connectivity index (χ3v) is 6.34. The van der Waals surface area contributed by atoms with Crippen molar-refractivity contribution in [2.45, 2.75) is 17.7 Å². The summed E-state index contributed by atoms with van der Waals surface area (Å²) in [5, 5.41) is 2.88. The van der Waals surface area contributed by atoms with E-state index in [1.807, 2.05) is 0 Å². The Hall–Kier alpha value is -2.45. The summed E-state index contributed by atoms with van der Waals surface area (Å²) in [6.45, 7) is 0.635. The summed E-state index contributed by atoms with van der Waals surface area (Å²) in [5.74, 6) is 0.419. The molecule has 2 aromatic rings. The first-order chi connectivity index (χ1) is 12.5. The van der Waals surface area contributed by atoms with Crippen LogP contribution in [0.1, 0.15) is 12.8 Å². The predicted molar refractivity (Wildman–Crippen MR) is 97.3 cm³/mol. The van der Waals surface area contributed by atoms with Crippen LogP contribution in [0.4, 0.5) is 5.69 Å². The number of carbonyl (C=O) groups excluding carboxylic acids is 1. The van der Waals surface area contributed by atoms with Gasteiger partial charge in [0.15, 0.2) is 0 Å². The van der Waals surface area contributed by atoms with E-state index in [2.05, 4.69) is 10.3 Å². The molecule has 0 aliphatic carbocycles. The maximum Gasteiger partial charge on any atom is 0.244 e. The summed E-state index contributed by atoms with van der Waals surface area (Å²) in [7, 11) is -1.97. The fraction of sp³-hybridized carbons (Fsp3) is 0.333. The topological polar surface area (TPSA) is 88.6 Å². The van der Waals surface area contributed by atoms with E-state index in [1.54, 1.807) is 37.4 Å². The van der Waals surface area contributed by atoms with Crippen LogP contribution in [0.2, 0.25) is 0 Å². The molecule has 7 nitrogen and oxygen atoms in total. The Bertz CT molecular complexity index is 846. The first-order valence-electron chi connectivity index (χ1n) is 8.36. The van der Waals surface area contributed by atoms with Crippen molar-refractivity contribution in [3.8, 4) is 5.75 Å². The molecule has 1 aliphatic rings. The Morgan fingerprint density at radius 2 is 1.88 bits per heavy atom. The largest absolute Gasteiger partial charge is 0.497 e. The van der Waals surface area contributed by atoms with E-state index in [-0.39, 0.29) is 16.7 Å². The monoisotopic (exact) mass is 375 g/mol. The molecule has 1 saturated heterocycles. The van der Waals surface area contributed by atoms with Crippen LogP contribution in [-0.2, 0) is 14.8 Å². The minimum absolute atomic E-state index is 0.0893. The quantitative estimate of drug-likeness (QED) is 0.865. The summed E-state index contributed by atoms with van der Waals surface area (Å²) < 4.78 is 31.7. The second-order valence-electron chi connectivity index (χ2n) is 6.08. The number of carbonyl (C=O) groups is 1. The van der Waals surface area contributed by atoms with Crippen LogP contribution in [0, 0.1) is 5.92 Å². The Morgan fingerprint density at radius 3 is 2.46 bits per heavy atom. The number of aromatic nitrogens is 1. The summed E-state index contributed by atoms with van der Waals surface area (Å²) in [6.07, 6.45) is 3.86. The number of benzene rings is 1. The van der Waals surface area contributed by atoms with Crippen LogP contribution in [0.25, 0.3) is 0 Å². The Labute approximate surface area is 153 Å². The highest BCUT2D eigenvalue weighted by Gasteiger charge is 2.32. The van der Waals surface area contributed by atoms with Gasteiger partial charge in [0.2, 0.25) is 15.9 Å². The van der Waals surface area contributed by atoms with E-state index in [0.29, 0.717) is 31.6 Å². The number of sulfonamides is 1. The van der Waals surface area contributed by atoms with E-state index >= 15 is 0 Å². The Morgan fingerprint density at radius 1 is 1.19 bits per heavy atom. The van der Waals surface area contributed by atoms with Gasteiger partial charge >= 0.3 is 0 Å². The molecule has 1 aromatic carbocycles. The van der Waals surface area contributed by atoms with Gasteiger partial charge in [-0.1, -0.05) is 0 Å². The fourth-order valence-corrected chi connectivity index (χ4v) is 4.36. The molecule has 26 heavy (non-hydrogen) atoms. The van der Waals surface area contributed by atoms with E-state index in [0.717, 1.165) is 5.75 Å². The number of nitrogens with one attached hydrogen (secondary N) is 1. The van der Waals surface area contributed by atoms with Crippen LogP contribution in [0.15, 0.2) is 53.7 Å². The number of hydrogen-bond donors (Lipinski definition) is 1. The molecule has 0 atom stereocenters. The first kappa shape index (κ1) is 18.3. The van der Waals surface area contributed by atoms with Gasteiger partial charge in [0.1, 0.15) is 10.6 Å². The molecule has 0 saturated carbocycles. The number of pyridine rings is 1. The lowest BCUT2D eigenvalue weighted by molar-refractivity contribution is -0.120. The number of ether oxygens (including phenoxy) is 1. The zero-order valence-electron chi connectivity index (χ0n) is 14.5. The van der Waals surface area contributed by atoms with E-state index in [4.69, 9.17) is 4.74 Å². The smallest absolute Gasteiger partial charge is 0.244 e. The van der Waals surface area contributed by atoms with Crippen molar-refractivity contribution in [1.29, 1.82) is 0 Å².